The maximum absolute atomic E-state index is 12.2. The van der Waals surface area contributed by atoms with Crippen LogP contribution in [-0.4, -0.2) is 20.5 Å². The number of allylic oxidation sites excluding steroid dienone is 1. The van der Waals surface area contributed by atoms with Crippen molar-refractivity contribution in [3.63, 3.8) is 0 Å². The summed E-state index contributed by atoms with van der Waals surface area (Å²) in [5.41, 5.74) is 3.34. The van der Waals surface area contributed by atoms with E-state index in [9.17, 15) is 4.79 Å². The first kappa shape index (κ1) is 15.4. The Bertz CT molecular complexity index is 852. The standard InChI is InChI=1S/C18H14BrN3O/c1-22-12-15(18(21-22)14-8-10-20-11-9-14)4-7-17(23)13-2-5-16(19)6-3-13/h2-12H,1H3/b7-4+. The lowest BCUT2D eigenvalue weighted by molar-refractivity contribution is 0.104. The second kappa shape index (κ2) is 6.71. The molecule has 0 aliphatic heterocycles. The largest absolute Gasteiger partial charge is 0.289 e. The van der Waals surface area contributed by atoms with Gasteiger partial charge in [-0.15, -0.1) is 0 Å². The van der Waals surface area contributed by atoms with Crippen LogP contribution in [0.5, 0.6) is 0 Å². The molecule has 0 aliphatic rings. The van der Waals surface area contributed by atoms with Gasteiger partial charge in [0.2, 0.25) is 0 Å². The Morgan fingerprint density at radius 1 is 1.13 bits per heavy atom. The lowest BCUT2D eigenvalue weighted by Gasteiger charge is -1.98. The van der Waals surface area contributed by atoms with Crippen LogP contribution in [0.4, 0.5) is 0 Å². The van der Waals surface area contributed by atoms with Crippen LogP contribution in [0.15, 0.2) is 65.5 Å². The molecule has 0 saturated heterocycles. The number of carbonyl (C=O) groups excluding carboxylic acids is 1. The van der Waals surface area contributed by atoms with Gasteiger partial charge in [-0.25, -0.2) is 0 Å². The van der Waals surface area contributed by atoms with Crippen molar-refractivity contribution in [1.82, 2.24) is 14.8 Å². The number of hydrogen-bond acceptors (Lipinski definition) is 3. The molecule has 5 heteroatoms. The van der Waals surface area contributed by atoms with E-state index in [1.54, 1.807) is 41.4 Å². The molecule has 0 fully saturated rings. The van der Waals surface area contributed by atoms with Crippen LogP contribution < -0.4 is 0 Å². The van der Waals surface area contributed by atoms with Crippen LogP contribution >= 0.6 is 15.9 Å². The third-order valence-corrected chi connectivity index (χ3v) is 3.88. The molecule has 3 aromatic rings. The Balaban J connectivity index is 1.88. The van der Waals surface area contributed by atoms with Gasteiger partial charge in [-0.3, -0.25) is 14.5 Å². The highest BCUT2D eigenvalue weighted by Crippen LogP contribution is 2.22. The number of hydrogen-bond donors (Lipinski definition) is 0. The topological polar surface area (TPSA) is 47.8 Å². The van der Waals surface area contributed by atoms with E-state index < -0.39 is 0 Å². The number of pyridine rings is 1. The zero-order valence-electron chi connectivity index (χ0n) is 12.5. The molecule has 114 valence electrons. The van der Waals surface area contributed by atoms with Gasteiger partial charge >= 0.3 is 0 Å². The molecule has 0 saturated carbocycles. The summed E-state index contributed by atoms with van der Waals surface area (Å²) < 4.78 is 2.68. The second-order valence-electron chi connectivity index (χ2n) is 5.05. The number of rotatable bonds is 4. The molecule has 4 nitrogen and oxygen atoms in total. The lowest BCUT2D eigenvalue weighted by atomic mass is 10.1. The summed E-state index contributed by atoms with van der Waals surface area (Å²) in [7, 11) is 1.86. The molecule has 1 aromatic carbocycles. The van der Waals surface area contributed by atoms with E-state index >= 15 is 0 Å². The van der Waals surface area contributed by atoms with Crippen LogP contribution in [0.25, 0.3) is 17.3 Å². The maximum Gasteiger partial charge on any atom is 0.185 e. The quantitative estimate of drug-likeness (QED) is 0.514. The molecule has 0 N–H and O–H groups in total. The zero-order chi connectivity index (χ0) is 16.2. The van der Waals surface area contributed by atoms with E-state index in [1.165, 1.54) is 0 Å². The minimum absolute atomic E-state index is 0.0398. The molecule has 0 bridgehead atoms. The predicted molar refractivity (Wildman–Crippen MR) is 93.9 cm³/mol. The Labute approximate surface area is 142 Å². The van der Waals surface area contributed by atoms with E-state index in [1.807, 2.05) is 37.5 Å². The van der Waals surface area contributed by atoms with E-state index in [0.29, 0.717) is 5.56 Å². The van der Waals surface area contributed by atoms with Gasteiger partial charge in [0.15, 0.2) is 5.78 Å². The number of ketones is 1. The monoisotopic (exact) mass is 367 g/mol. The Kier molecular flexibility index (Phi) is 4.48. The summed E-state index contributed by atoms with van der Waals surface area (Å²) in [6.45, 7) is 0. The summed E-state index contributed by atoms with van der Waals surface area (Å²) in [5.74, 6) is -0.0398. The summed E-state index contributed by atoms with van der Waals surface area (Å²) in [4.78, 5) is 16.3. The highest BCUT2D eigenvalue weighted by molar-refractivity contribution is 9.10. The normalized spacial score (nSPS) is 11.0. The van der Waals surface area contributed by atoms with Gasteiger partial charge in [0.25, 0.3) is 0 Å². The number of halogens is 1. The van der Waals surface area contributed by atoms with Gasteiger partial charge in [0.05, 0.1) is 5.69 Å². The second-order valence-corrected chi connectivity index (χ2v) is 5.96. The fourth-order valence-electron chi connectivity index (χ4n) is 2.24. The molecule has 0 spiro atoms. The number of carbonyl (C=O) groups is 1. The highest BCUT2D eigenvalue weighted by Gasteiger charge is 2.08. The van der Waals surface area contributed by atoms with Crippen molar-refractivity contribution in [2.24, 2.45) is 7.05 Å². The first-order valence-corrected chi connectivity index (χ1v) is 7.85. The maximum atomic E-state index is 12.2. The van der Waals surface area contributed by atoms with Gasteiger partial charge in [-0.1, -0.05) is 15.9 Å². The first-order valence-electron chi connectivity index (χ1n) is 7.05. The van der Waals surface area contributed by atoms with Crippen molar-refractivity contribution in [2.45, 2.75) is 0 Å². The van der Waals surface area contributed by atoms with Gasteiger partial charge in [0, 0.05) is 46.8 Å². The molecule has 0 amide bonds. The Morgan fingerprint density at radius 3 is 2.52 bits per heavy atom. The molecule has 0 unspecified atom stereocenters. The van der Waals surface area contributed by atoms with E-state index in [2.05, 4.69) is 26.0 Å². The Hall–Kier alpha value is -2.53. The van der Waals surface area contributed by atoms with E-state index in [4.69, 9.17) is 0 Å². The number of aromatic nitrogens is 3. The molecule has 3 rings (SSSR count). The summed E-state index contributed by atoms with van der Waals surface area (Å²) in [5, 5.41) is 4.46. The zero-order valence-corrected chi connectivity index (χ0v) is 14.1. The van der Waals surface area contributed by atoms with Gasteiger partial charge < -0.3 is 0 Å². The van der Waals surface area contributed by atoms with Crippen molar-refractivity contribution in [2.75, 3.05) is 0 Å². The first-order chi connectivity index (χ1) is 11.1. The highest BCUT2D eigenvalue weighted by atomic mass is 79.9. The van der Waals surface area contributed by atoms with Crippen LogP contribution in [0, 0.1) is 0 Å². The molecule has 23 heavy (non-hydrogen) atoms. The summed E-state index contributed by atoms with van der Waals surface area (Å²) >= 11 is 3.36. The number of aryl methyl sites for hydroxylation is 1. The van der Waals surface area contributed by atoms with E-state index in [-0.39, 0.29) is 5.78 Å². The smallest absolute Gasteiger partial charge is 0.185 e. The molecular weight excluding hydrogens is 354 g/mol. The number of nitrogens with zero attached hydrogens (tertiary/aromatic N) is 3. The van der Waals surface area contributed by atoms with E-state index in [0.717, 1.165) is 21.3 Å². The molecule has 2 heterocycles. The van der Waals surface area contributed by atoms with Gasteiger partial charge in [0.1, 0.15) is 0 Å². The fraction of sp³-hybridized carbons (Fsp3) is 0.0556. The Morgan fingerprint density at radius 2 is 1.83 bits per heavy atom. The van der Waals surface area contributed by atoms with Crippen molar-refractivity contribution >= 4 is 27.8 Å². The molecular formula is C18H14BrN3O. The average Bonchev–Trinajstić information content (AvgIpc) is 2.95. The SMILES string of the molecule is Cn1cc(/C=C/C(=O)c2ccc(Br)cc2)c(-c2ccncc2)n1. The van der Waals surface area contributed by atoms with Crippen molar-refractivity contribution < 1.29 is 4.79 Å². The predicted octanol–water partition coefficient (Wildman–Crippen LogP) is 4.14. The summed E-state index contributed by atoms with van der Waals surface area (Å²) in [6, 6.07) is 11.1. The van der Waals surface area contributed by atoms with Crippen LogP contribution in [0.3, 0.4) is 0 Å². The van der Waals surface area contributed by atoms with Crippen LogP contribution in [0.2, 0.25) is 0 Å². The lowest BCUT2D eigenvalue weighted by Crippen LogP contribution is -1.93. The molecule has 0 atom stereocenters. The minimum atomic E-state index is -0.0398. The number of benzene rings is 1. The van der Waals surface area contributed by atoms with Crippen LogP contribution in [0.1, 0.15) is 15.9 Å². The molecule has 0 aliphatic carbocycles. The van der Waals surface area contributed by atoms with Gasteiger partial charge in [-0.2, -0.15) is 5.10 Å². The van der Waals surface area contributed by atoms with Crippen molar-refractivity contribution in [1.29, 1.82) is 0 Å². The third-order valence-electron chi connectivity index (χ3n) is 3.35. The molecule has 0 radical (unpaired) electrons. The van der Waals surface area contributed by atoms with Crippen molar-refractivity contribution in [3.05, 3.63) is 76.7 Å². The van der Waals surface area contributed by atoms with Crippen LogP contribution in [-0.2, 0) is 7.05 Å². The third kappa shape index (κ3) is 3.63. The summed E-state index contributed by atoms with van der Waals surface area (Å²) in [6.07, 6.45) is 8.72. The van der Waals surface area contributed by atoms with Gasteiger partial charge in [-0.05, 0) is 48.6 Å². The molecule has 2 aromatic heterocycles. The van der Waals surface area contributed by atoms with Crippen molar-refractivity contribution in [3.8, 4) is 11.3 Å². The average molecular weight is 368 g/mol. The fourth-order valence-corrected chi connectivity index (χ4v) is 2.50. The minimum Gasteiger partial charge on any atom is -0.289 e.